The quantitative estimate of drug-likeness (QED) is 0.332. The molecule has 0 heterocycles. The molecule has 0 rings (SSSR count). The van der Waals surface area contributed by atoms with E-state index in [1.807, 2.05) is 0 Å². The lowest BCUT2D eigenvalue weighted by Crippen LogP contribution is -2.46. The maximum Gasteiger partial charge on any atom is 0.326 e. The van der Waals surface area contributed by atoms with Crippen molar-refractivity contribution < 1.29 is 19.8 Å². The van der Waals surface area contributed by atoms with E-state index in [4.69, 9.17) is 15.9 Å². The first kappa shape index (κ1) is 13.7. The van der Waals surface area contributed by atoms with Gasteiger partial charge in [-0.15, -0.1) is 0 Å². The maximum absolute atomic E-state index is 11.1. The summed E-state index contributed by atoms with van der Waals surface area (Å²) in [5.41, 5.74) is 5.21. The van der Waals surface area contributed by atoms with E-state index in [9.17, 15) is 9.59 Å². The number of carboxylic acids is 1. The van der Waals surface area contributed by atoms with Crippen molar-refractivity contribution in [2.75, 3.05) is 19.7 Å². The maximum atomic E-state index is 11.1. The van der Waals surface area contributed by atoms with Crippen molar-refractivity contribution in [2.24, 2.45) is 5.73 Å². The zero-order valence-corrected chi connectivity index (χ0v) is 8.40. The Balaban J connectivity index is 3.84. The molecule has 0 aromatic carbocycles. The molecule has 88 valence electrons. The second-order valence-corrected chi connectivity index (χ2v) is 2.95. The zero-order chi connectivity index (χ0) is 11.7. The van der Waals surface area contributed by atoms with Crippen LogP contribution in [0.25, 0.3) is 0 Å². The van der Waals surface area contributed by atoms with Gasteiger partial charge in [-0.05, 0) is 13.0 Å². The number of carboxylic acid groups (broad SMARTS) is 1. The van der Waals surface area contributed by atoms with Gasteiger partial charge in [-0.3, -0.25) is 0 Å². The molecule has 6 N–H and O–H groups in total. The van der Waals surface area contributed by atoms with Crippen LogP contribution >= 0.6 is 0 Å². The predicted octanol–water partition coefficient (Wildman–Crippen LogP) is -1.53. The van der Waals surface area contributed by atoms with Gasteiger partial charge < -0.3 is 26.6 Å². The molecule has 0 aliphatic carbocycles. The van der Waals surface area contributed by atoms with Crippen LogP contribution in [0.3, 0.4) is 0 Å². The molecular formula is C8H17N3O4. The van der Waals surface area contributed by atoms with E-state index in [0.29, 0.717) is 19.5 Å². The lowest BCUT2D eigenvalue weighted by Gasteiger charge is -2.13. The van der Waals surface area contributed by atoms with Crippen molar-refractivity contribution in [1.82, 2.24) is 10.6 Å². The van der Waals surface area contributed by atoms with E-state index < -0.39 is 18.0 Å². The summed E-state index contributed by atoms with van der Waals surface area (Å²) in [6.07, 6.45) is 0.616. The van der Waals surface area contributed by atoms with Crippen molar-refractivity contribution >= 4 is 12.0 Å². The van der Waals surface area contributed by atoms with Gasteiger partial charge in [0.15, 0.2) is 0 Å². The number of carbonyl (C=O) groups excluding carboxylic acids is 1. The van der Waals surface area contributed by atoms with Gasteiger partial charge in [0, 0.05) is 19.6 Å². The molecule has 0 saturated carbocycles. The third-order valence-corrected chi connectivity index (χ3v) is 1.69. The van der Waals surface area contributed by atoms with E-state index in [0.717, 1.165) is 0 Å². The number of carbonyl (C=O) groups is 2. The number of hydrogen-bond donors (Lipinski definition) is 5. The summed E-state index contributed by atoms with van der Waals surface area (Å²) in [5, 5.41) is 21.9. The molecule has 0 unspecified atom stereocenters. The van der Waals surface area contributed by atoms with Crippen LogP contribution < -0.4 is 16.4 Å². The lowest BCUT2D eigenvalue weighted by atomic mass is 10.2. The summed E-state index contributed by atoms with van der Waals surface area (Å²) in [6, 6.07) is -1.63. The monoisotopic (exact) mass is 219 g/mol. The molecular weight excluding hydrogens is 202 g/mol. The topological polar surface area (TPSA) is 125 Å². The minimum absolute atomic E-state index is 0.0142. The average molecular weight is 219 g/mol. The summed E-state index contributed by atoms with van der Waals surface area (Å²) in [4.78, 5) is 21.7. The number of hydrogen-bond acceptors (Lipinski definition) is 4. The zero-order valence-electron chi connectivity index (χ0n) is 8.40. The molecule has 0 fully saturated rings. The molecule has 2 amide bonds. The highest BCUT2D eigenvalue weighted by Gasteiger charge is 2.18. The molecule has 0 aliphatic rings. The number of aliphatic hydroxyl groups is 1. The molecule has 7 nitrogen and oxygen atoms in total. The molecule has 0 spiro atoms. The number of urea groups is 1. The minimum atomic E-state index is -1.17. The fraction of sp³-hybridized carbons (Fsp3) is 0.750. The lowest BCUT2D eigenvalue weighted by molar-refractivity contribution is -0.139. The van der Waals surface area contributed by atoms with Gasteiger partial charge in [0.25, 0.3) is 0 Å². The molecule has 0 bridgehead atoms. The number of nitrogens with one attached hydrogen (secondary N) is 2. The third kappa shape index (κ3) is 6.69. The Morgan fingerprint density at radius 2 is 2.07 bits per heavy atom. The number of rotatable bonds is 7. The smallest absolute Gasteiger partial charge is 0.326 e. The largest absolute Gasteiger partial charge is 0.480 e. The molecule has 0 radical (unpaired) electrons. The van der Waals surface area contributed by atoms with E-state index in [1.165, 1.54) is 0 Å². The van der Waals surface area contributed by atoms with Crippen LogP contribution in [-0.2, 0) is 4.79 Å². The van der Waals surface area contributed by atoms with Crippen LogP contribution in [0.2, 0.25) is 0 Å². The van der Waals surface area contributed by atoms with Gasteiger partial charge in [-0.2, -0.15) is 0 Å². The minimum Gasteiger partial charge on any atom is -0.480 e. The Kier molecular flexibility index (Phi) is 7.29. The van der Waals surface area contributed by atoms with Gasteiger partial charge >= 0.3 is 12.0 Å². The molecule has 15 heavy (non-hydrogen) atoms. The first-order chi connectivity index (χ1) is 7.11. The average Bonchev–Trinajstić information content (AvgIpc) is 2.17. The number of aliphatic carboxylic acids is 1. The molecule has 0 aromatic rings. The van der Waals surface area contributed by atoms with Crippen molar-refractivity contribution in [3.63, 3.8) is 0 Å². The highest BCUT2D eigenvalue weighted by Crippen LogP contribution is 1.90. The van der Waals surface area contributed by atoms with Crippen LogP contribution in [0.1, 0.15) is 12.8 Å². The first-order valence-corrected chi connectivity index (χ1v) is 4.70. The van der Waals surface area contributed by atoms with E-state index in [-0.39, 0.29) is 13.0 Å². The third-order valence-electron chi connectivity index (χ3n) is 1.69. The number of amides is 2. The van der Waals surface area contributed by atoms with Gasteiger partial charge in [-0.25, -0.2) is 9.59 Å². The molecule has 0 aliphatic heterocycles. The van der Waals surface area contributed by atoms with Crippen molar-refractivity contribution in [3.05, 3.63) is 0 Å². The van der Waals surface area contributed by atoms with Gasteiger partial charge in [0.05, 0.1) is 0 Å². The van der Waals surface area contributed by atoms with Crippen LogP contribution in [0.15, 0.2) is 0 Å². The van der Waals surface area contributed by atoms with Crippen molar-refractivity contribution in [2.45, 2.75) is 18.9 Å². The van der Waals surface area contributed by atoms with E-state index in [2.05, 4.69) is 10.6 Å². The Hall–Kier alpha value is -1.34. The van der Waals surface area contributed by atoms with Gasteiger partial charge in [0.1, 0.15) is 6.04 Å². The van der Waals surface area contributed by atoms with Crippen molar-refractivity contribution in [3.8, 4) is 0 Å². The fourth-order valence-electron chi connectivity index (χ4n) is 0.900. The molecule has 7 heteroatoms. The molecule has 0 aromatic heterocycles. The summed E-state index contributed by atoms with van der Waals surface area (Å²) < 4.78 is 0. The van der Waals surface area contributed by atoms with Crippen LogP contribution in [-0.4, -0.2) is 48.0 Å². The Morgan fingerprint density at radius 3 is 2.53 bits per heavy atom. The SMILES string of the molecule is NCCCNC(=O)N[C@@H](CCO)C(=O)O. The normalized spacial score (nSPS) is 11.9. The second-order valence-electron chi connectivity index (χ2n) is 2.95. The molecule has 1 atom stereocenters. The standard InChI is InChI=1S/C8H17N3O4/c9-3-1-4-10-8(15)11-6(2-5-12)7(13)14/h6,12H,1-5,9H2,(H,13,14)(H2,10,11,15)/t6-/m0/s1. The fourth-order valence-corrected chi connectivity index (χ4v) is 0.900. The summed E-state index contributed by atoms with van der Waals surface area (Å²) >= 11 is 0. The first-order valence-electron chi connectivity index (χ1n) is 4.70. The van der Waals surface area contributed by atoms with Gasteiger partial charge in [-0.1, -0.05) is 0 Å². The highest BCUT2D eigenvalue weighted by atomic mass is 16.4. The Morgan fingerprint density at radius 1 is 1.40 bits per heavy atom. The Labute approximate surface area is 87.6 Å². The van der Waals surface area contributed by atoms with E-state index >= 15 is 0 Å². The van der Waals surface area contributed by atoms with Crippen LogP contribution in [0.4, 0.5) is 4.79 Å². The molecule has 0 saturated heterocycles. The number of aliphatic hydroxyl groups excluding tert-OH is 1. The predicted molar refractivity (Wildman–Crippen MR) is 53.3 cm³/mol. The summed E-state index contributed by atoms with van der Waals surface area (Å²) in [6.45, 7) is 0.563. The summed E-state index contributed by atoms with van der Waals surface area (Å²) in [7, 11) is 0. The Bertz CT molecular complexity index is 210. The van der Waals surface area contributed by atoms with Crippen LogP contribution in [0, 0.1) is 0 Å². The van der Waals surface area contributed by atoms with Crippen molar-refractivity contribution in [1.29, 1.82) is 0 Å². The second kappa shape index (κ2) is 8.01. The van der Waals surface area contributed by atoms with E-state index in [1.54, 1.807) is 0 Å². The highest BCUT2D eigenvalue weighted by molar-refractivity contribution is 5.82. The van der Waals surface area contributed by atoms with Crippen LogP contribution in [0.5, 0.6) is 0 Å². The number of nitrogens with two attached hydrogens (primary N) is 1. The van der Waals surface area contributed by atoms with Gasteiger partial charge in [0.2, 0.25) is 0 Å². The summed E-state index contributed by atoms with van der Waals surface area (Å²) in [5.74, 6) is -1.17.